The number of fused-ring (bicyclic) bond motifs is 1. The van der Waals surface area contributed by atoms with Crippen molar-refractivity contribution in [1.82, 2.24) is 4.90 Å². The first-order chi connectivity index (χ1) is 5.98. The van der Waals surface area contributed by atoms with Crippen LogP contribution in [0.25, 0.3) is 0 Å². The maximum atomic E-state index is 4.13. The van der Waals surface area contributed by atoms with E-state index >= 15 is 0 Å². The van der Waals surface area contributed by atoms with E-state index in [1.807, 2.05) is 0 Å². The Morgan fingerprint density at radius 1 is 1.31 bits per heavy atom. The highest BCUT2D eigenvalue weighted by Crippen LogP contribution is 2.42. The summed E-state index contributed by atoms with van der Waals surface area (Å²) >= 11 is 0. The summed E-state index contributed by atoms with van der Waals surface area (Å²) in [6.45, 7) is 12.4. The molecule has 2 rings (SSSR count). The monoisotopic (exact) mass is 179 g/mol. The van der Waals surface area contributed by atoms with Crippen LogP contribution in [0.4, 0.5) is 0 Å². The molecule has 1 heterocycles. The normalized spacial score (nSPS) is 35.5. The summed E-state index contributed by atoms with van der Waals surface area (Å²) in [5.74, 6) is 0.923. The van der Waals surface area contributed by atoms with Crippen molar-refractivity contribution in [2.45, 2.75) is 51.6 Å². The lowest BCUT2D eigenvalue weighted by Gasteiger charge is -2.36. The zero-order valence-corrected chi connectivity index (χ0v) is 9.14. The van der Waals surface area contributed by atoms with Crippen molar-refractivity contribution in [3.63, 3.8) is 0 Å². The quantitative estimate of drug-likeness (QED) is 0.517. The van der Waals surface area contributed by atoms with Crippen LogP contribution in [0.15, 0.2) is 12.2 Å². The number of hydrogen-bond donors (Lipinski definition) is 0. The first-order valence-electron chi connectivity index (χ1n) is 5.42. The maximum absolute atomic E-state index is 4.13. The first-order valence-corrected chi connectivity index (χ1v) is 5.42. The molecular formula is C12H21N. The summed E-state index contributed by atoms with van der Waals surface area (Å²) in [4.78, 5) is 2.68. The lowest BCUT2D eigenvalue weighted by Crippen LogP contribution is -2.44. The van der Waals surface area contributed by atoms with Crippen molar-refractivity contribution >= 4 is 0 Å². The Morgan fingerprint density at radius 3 is 2.62 bits per heavy atom. The molecule has 1 nitrogen and oxygen atoms in total. The van der Waals surface area contributed by atoms with E-state index < -0.39 is 0 Å². The fourth-order valence-electron chi connectivity index (χ4n) is 3.02. The van der Waals surface area contributed by atoms with Gasteiger partial charge in [-0.25, -0.2) is 0 Å². The summed E-state index contributed by atoms with van der Waals surface area (Å²) < 4.78 is 0. The zero-order valence-electron chi connectivity index (χ0n) is 9.14. The molecule has 1 aliphatic heterocycles. The van der Waals surface area contributed by atoms with Crippen molar-refractivity contribution in [3.05, 3.63) is 12.2 Å². The van der Waals surface area contributed by atoms with Gasteiger partial charge in [-0.2, -0.15) is 0 Å². The minimum atomic E-state index is 0.351. The summed E-state index contributed by atoms with van der Waals surface area (Å²) in [7, 11) is 0. The lowest BCUT2D eigenvalue weighted by atomic mass is 10.0. The first kappa shape index (κ1) is 9.26. The van der Waals surface area contributed by atoms with Crippen molar-refractivity contribution in [2.24, 2.45) is 5.92 Å². The molecular weight excluding hydrogens is 158 g/mol. The summed E-state index contributed by atoms with van der Waals surface area (Å²) in [6, 6.07) is 0.812. The minimum absolute atomic E-state index is 0.351. The molecule has 0 aromatic heterocycles. The van der Waals surface area contributed by atoms with Gasteiger partial charge in [-0.1, -0.05) is 12.2 Å². The molecule has 0 amide bonds. The number of likely N-dealkylation sites (tertiary alicyclic amines) is 1. The Labute approximate surface area is 81.8 Å². The molecule has 74 valence electrons. The fraction of sp³-hybridized carbons (Fsp3) is 0.833. The predicted molar refractivity (Wildman–Crippen MR) is 56.7 cm³/mol. The second-order valence-corrected chi connectivity index (χ2v) is 5.64. The van der Waals surface area contributed by atoms with Crippen LogP contribution in [0.3, 0.4) is 0 Å². The Morgan fingerprint density at radius 2 is 2.00 bits per heavy atom. The molecule has 1 heteroatoms. The van der Waals surface area contributed by atoms with Gasteiger partial charge in [-0.3, -0.25) is 4.90 Å². The van der Waals surface area contributed by atoms with Gasteiger partial charge in [0.15, 0.2) is 0 Å². The average molecular weight is 179 g/mol. The third-order valence-electron chi connectivity index (χ3n) is 3.60. The molecule has 0 spiro atoms. The van der Waals surface area contributed by atoms with Gasteiger partial charge in [0.25, 0.3) is 0 Å². The third kappa shape index (κ3) is 1.54. The van der Waals surface area contributed by atoms with Crippen molar-refractivity contribution in [3.8, 4) is 0 Å². The largest absolute Gasteiger partial charge is 0.295 e. The molecule has 0 aromatic carbocycles. The third-order valence-corrected chi connectivity index (χ3v) is 3.60. The predicted octanol–water partition coefficient (Wildman–Crippen LogP) is 2.83. The van der Waals surface area contributed by atoms with Gasteiger partial charge in [-0.05, 0) is 52.5 Å². The summed E-state index contributed by atoms with van der Waals surface area (Å²) in [6.07, 6.45) is 3.93. The summed E-state index contributed by atoms with van der Waals surface area (Å²) in [5.41, 5.74) is 1.83. The van der Waals surface area contributed by atoms with E-state index in [1.165, 1.54) is 31.4 Å². The Bertz CT molecular complexity index is 224. The van der Waals surface area contributed by atoms with Crippen LogP contribution in [0.2, 0.25) is 0 Å². The molecule has 13 heavy (non-hydrogen) atoms. The van der Waals surface area contributed by atoms with Crippen LogP contribution in [0.5, 0.6) is 0 Å². The summed E-state index contributed by atoms with van der Waals surface area (Å²) in [5, 5.41) is 0. The van der Waals surface area contributed by atoms with Crippen LogP contribution >= 0.6 is 0 Å². The van der Waals surface area contributed by atoms with Crippen LogP contribution in [-0.4, -0.2) is 23.0 Å². The van der Waals surface area contributed by atoms with Gasteiger partial charge in [0.1, 0.15) is 0 Å². The molecule has 2 atom stereocenters. The van der Waals surface area contributed by atoms with Crippen LogP contribution in [0.1, 0.15) is 40.0 Å². The van der Waals surface area contributed by atoms with E-state index in [0.29, 0.717) is 5.54 Å². The van der Waals surface area contributed by atoms with E-state index in [1.54, 1.807) is 0 Å². The highest BCUT2D eigenvalue weighted by molar-refractivity contribution is 5.12. The molecule has 2 aliphatic rings. The van der Waals surface area contributed by atoms with Gasteiger partial charge in [0, 0.05) is 11.6 Å². The van der Waals surface area contributed by atoms with E-state index in [2.05, 4.69) is 32.3 Å². The van der Waals surface area contributed by atoms with Crippen LogP contribution in [-0.2, 0) is 0 Å². The average Bonchev–Trinajstić information content (AvgIpc) is 2.41. The molecule has 1 saturated carbocycles. The van der Waals surface area contributed by atoms with Crippen LogP contribution < -0.4 is 0 Å². The van der Waals surface area contributed by atoms with Crippen molar-refractivity contribution in [1.29, 1.82) is 0 Å². The highest BCUT2D eigenvalue weighted by Gasteiger charge is 2.42. The van der Waals surface area contributed by atoms with E-state index in [-0.39, 0.29) is 0 Å². The van der Waals surface area contributed by atoms with Gasteiger partial charge in [-0.15, -0.1) is 0 Å². The smallest absolute Gasteiger partial charge is 0.0169 e. The molecule has 1 aliphatic carbocycles. The van der Waals surface area contributed by atoms with E-state index in [4.69, 9.17) is 0 Å². The van der Waals surface area contributed by atoms with E-state index in [0.717, 1.165) is 12.0 Å². The van der Waals surface area contributed by atoms with Gasteiger partial charge < -0.3 is 0 Å². The standard InChI is InChI=1S/C12H21N/c1-9-7-10-5-6-13(11(10)8-9)12(2,3)4/h10-11H,1,5-8H2,2-4H3/t10-,11-/m1/s1. The van der Waals surface area contributed by atoms with Crippen molar-refractivity contribution in [2.75, 3.05) is 6.54 Å². The Kier molecular flexibility index (Phi) is 2.03. The molecule has 1 saturated heterocycles. The number of rotatable bonds is 0. The second kappa shape index (κ2) is 2.84. The molecule has 2 fully saturated rings. The molecule has 0 N–H and O–H groups in total. The fourth-order valence-corrected chi connectivity index (χ4v) is 3.02. The second-order valence-electron chi connectivity index (χ2n) is 5.64. The maximum Gasteiger partial charge on any atom is 0.0169 e. The molecule has 0 radical (unpaired) electrons. The topological polar surface area (TPSA) is 3.24 Å². The van der Waals surface area contributed by atoms with Gasteiger partial charge >= 0.3 is 0 Å². The number of hydrogen-bond acceptors (Lipinski definition) is 1. The molecule has 0 bridgehead atoms. The van der Waals surface area contributed by atoms with Gasteiger partial charge in [0.05, 0.1) is 0 Å². The number of nitrogens with zero attached hydrogens (tertiary/aromatic N) is 1. The zero-order chi connectivity index (χ0) is 9.64. The van der Waals surface area contributed by atoms with Gasteiger partial charge in [0.2, 0.25) is 0 Å². The molecule has 0 unspecified atom stereocenters. The Balaban J connectivity index is 2.13. The lowest BCUT2D eigenvalue weighted by molar-refractivity contribution is 0.117. The van der Waals surface area contributed by atoms with E-state index in [9.17, 15) is 0 Å². The highest BCUT2D eigenvalue weighted by atomic mass is 15.2. The van der Waals surface area contributed by atoms with Crippen molar-refractivity contribution < 1.29 is 0 Å². The molecule has 0 aromatic rings. The minimum Gasteiger partial charge on any atom is -0.295 e. The Hall–Kier alpha value is -0.300. The SMILES string of the molecule is C=C1C[C@H]2CCN(C(C)(C)C)[C@@H]2C1. The van der Waals surface area contributed by atoms with Crippen LogP contribution in [0, 0.1) is 5.92 Å².